The molecular formula is C15H17NO. The Labute approximate surface area is 102 Å². The van der Waals surface area contributed by atoms with Gasteiger partial charge in [0.25, 0.3) is 5.91 Å². The number of allylic oxidation sites excluding steroid dienone is 6. The van der Waals surface area contributed by atoms with Gasteiger partial charge in [-0.15, -0.1) is 0 Å². The lowest BCUT2D eigenvalue weighted by Crippen LogP contribution is -2.34. The van der Waals surface area contributed by atoms with Crippen LogP contribution in [0.5, 0.6) is 0 Å². The molecule has 3 aliphatic rings. The van der Waals surface area contributed by atoms with Crippen molar-refractivity contribution in [2.75, 3.05) is 0 Å². The average Bonchev–Trinajstić information content (AvgIpc) is 2.83. The van der Waals surface area contributed by atoms with E-state index < -0.39 is 0 Å². The fourth-order valence-electron chi connectivity index (χ4n) is 2.61. The molecule has 3 rings (SSSR count). The van der Waals surface area contributed by atoms with Crippen molar-refractivity contribution in [3.63, 3.8) is 0 Å². The molecule has 0 saturated heterocycles. The van der Waals surface area contributed by atoms with Gasteiger partial charge in [0, 0.05) is 17.5 Å². The summed E-state index contributed by atoms with van der Waals surface area (Å²) in [7, 11) is 0. The van der Waals surface area contributed by atoms with E-state index in [9.17, 15) is 4.79 Å². The zero-order valence-corrected chi connectivity index (χ0v) is 10.3. The van der Waals surface area contributed by atoms with E-state index in [1.165, 1.54) is 11.1 Å². The highest BCUT2D eigenvalue weighted by Crippen LogP contribution is 2.51. The summed E-state index contributed by atoms with van der Waals surface area (Å²) in [5, 5.41) is 3.10. The fraction of sp³-hybridized carbons (Fsp3) is 0.400. The van der Waals surface area contributed by atoms with E-state index in [4.69, 9.17) is 0 Å². The minimum atomic E-state index is 0.0816. The van der Waals surface area contributed by atoms with E-state index in [2.05, 4.69) is 37.4 Å². The van der Waals surface area contributed by atoms with Crippen molar-refractivity contribution in [1.29, 1.82) is 0 Å². The Hall–Kier alpha value is -1.57. The first kappa shape index (κ1) is 10.6. The first-order valence-electron chi connectivity index (χ1n) is 6.41. The van der Waals surface area contributed by atoms with Crippen LogP contribution in [-0.4, -0.2) is 11.9 Å². The Morgan fingerprint density at radius 3 is 2.82 bits per heavy atom. The van der Waals surface area contributed by atoms with Gasteiger partial charge in [-0.05, 0) is 41.7 Å². The highest BCUT2D eigenvalue weighted by Gasteiger charge is 2.39. The number of carbonyl (C=O) groups is 1. The minimum Gasteiger partial charge on any atom is -0.349 e. The number of hydrogen-bond acceptors (Lipinski definition) is 1. The molecule has 0 spiro atoms. The van der Waals surface area contributed by atoms with E-state index in [-0.39, 0.29) is 5.91 Å². The Morgan fingerprint density at radius 1 is 1.35 bits per heavy atom. The maximum Gasteiger partial charge on any atom is 0.252 e. The maximum atomic E-state index is 12.2. The number of hydrogen-bond donors (Lipinski definition) is 1. The smallest absolute Gasteiger partial charge is 0.252 e. The van der Waals surface area contributed by atoms with Gasteiger partial charge >= 0.3 is 0 Å². The highest BCUT2D eigenvalue weighted by molar-refractivity contribution is 6.02. The van der Waals surface area contributed by atoms with Gasteiger partial charge in [-0.2, -0.15) is 0 Å². The van der Waals surface area contributed by atoms with Crippen LogP contribution >= 0.6 is 0 Å². The lowest BCUT2D eigenvalue weighted by molar-refractivity contribution is -0.117. The average molecular weight is 227 g/mol. The molecule has 0 heterocycles. The standard InChI is InChI=1S/C15H17NO/c1-3-10(4-2)16-15(17)12-6-5-11-13-7-9(13)8-14(11)12/h5-8,10,13H,3-4H2,1-2H3,(H,16,17). The van der Waals surface area contributed by atoms with Gasteiger partial charge in [-0.25, -0.2) is 0 Å². The summed E-state index contributed by atoms with van der Waals surface area (Å²) < 4.78 is 0. The minimum absolute atomic E-state index is 0.0816. The van der Waals surface area contributed by atoms with Crippen molar-refractivity contribution in [3.8, 4) is 0 Å². The summed E-state index contributed by atoms with van der Waals surface area (Å²) in [5.74, 6) is 0.609. The molecule has 3 aliphatic carbocycles. The normalized spacial score (nSPS) is 23.6. The van der Waals surface area contributed by atoms with Crippen molar-refractivity contribution < 1.29 is 4.79 Å². The first-order chi connectivity index (χ1) is 8.24. The number of rotatable bonds is 4. The molecule has 1 unspecified atom stereocenters. The summed E-state index contributed by atoms with van der Waals surface area (Å²) in [6.45, 7) is 4.21. The molecule has 2 heteroatoms. The SMILES string of the molecule is CCC(CC)NC(=O)C1=CC=C2C1=CC1=CC12. The number of carbonyl (C=O) groups excluding carboxylic acids is 1. The van der Waals surface area contributed by atoms with Crippen LogP contribution in [0.15, 0.2) is 46.6 Å². The van der Waals surface area contributed by atoms with Gasteiger partial charge in [0.2, 0.25) is 0 Å². The topological polar surface area (TPSA) is 29.1 Å². The third-order valence-corrected chi connectivity index (χ3v) is 3.85. The van der Waals surface area contributed by atoms with Crippen molar-refractivity contribution >= 4 is 5.91 Å². The zero-order valence-electron chi connectivity index (χ0n) is 10.3. The van der Waals surface area contributed by atoms with E-state index in [1.54, 1.807) is 0 Å². The first-order valence-corrected chi connectivity index (χ1v) is 6.41. The van der Waals surface area contributed by atoms with E-state index in [1.807, 2.05) is 6.08 Å². The molecule has 88 valence electrons. The van der Waals surface area contributed by atoms with Gasteiger partial charge < -0.3 is 5.32 Å². The van der Waals surface area contributed by atoms with E-state index in [0.717, 1.165) is 24.0 Å². The molecule has 0 aromatic carbocycles. The summed E-state index contributed by atoms with van der Waals surface area (Å²) in [6.07, 6.45) is 10.4. The molecule has 2 nitrogen and oxygen atoms in total. The number of nitrogens with one attached hydrogen (secondary N) is 1. The van der Waals surface area contributed by atoms with Gasteiger partial charge in [-0.1, -0.05) is 26.0 Å². The van der Waals surface area contributed by atoms with Gasteiger partial charge in [0.1, 0.15) is 0 Å². The lowest BCUT2D eigenvalue weighted by Gasteiger charge is -2.16. The van der Waals surface area contributed by atoms with Gasteiger partial charge in [-0.3, -0.25) is 4.79 Å². The van der Waals surface area contributed by atoms with Crippen LogP contribution in [0.3, 0.4) is 0 Å². The predicted octanol–water partition coefficient (Wildman–Crippen LogP) is 2.65. The Morgan fingerprint density at radius 2 is 2.12 bits per heavy atom. The van der Waals surface area contributed by atoms with Gasteiger partial charge in [0.15, 0.2) is 0 Å². The Balaban J connectivity index is 1.72. The molecule has 1 atom stereocenters. The third kappa shape index (κ3) is 1.59. The molecule has 1 N–H and O–H groups in total. The summed E-state index contributed by atoms with van der Waals surface area (Å²) in [4.78, 5) is 12.2. The van der Waals surface area contributed by atoms with Crippen LogP contribution in [0.2, 0.25) is 0 Å². The summed E-state index contributed by atoms with van der Waals surface area (Å²) in [5.41, 5.74) is 4.69. The van der Waals surface area contributed by atoms with E-state index in [0.29, 0.717) is 12.0 Å². The third-order valence-electron chi connectivity index (χ3n) is 3.85. The molecule has 0 aliphatic heterocycles. The maximum absolute atomic E-state index is 12.2. The molecular weight excluding hydrogens is 210 g/mol. The number of amides is 1. The van der Waals surface area contributed by atoms with Crippen LogP contribution in [0.4, 0.5) is 0 Å². The second-order valence-electron chi connectivity index (χ2n) is 4.89. The van der Waals surface area contributed by atoms with Crippen LogP contribution in [0.1, 0.15) is 26.7 Å². The van der Waals surface area contributed by atoms with Crippen molar-refractivity contribution in [3.05, 3.63) is 46.6 Å². The second kappa shape index (κ2) is 3.73. The van der Waals surface area contributed by atoms with Crippen LogP contribution in [0.25, 0.3) is 0 Å². The van der Waals surface area contributed by atoms with Gasteiger partial charge in [0.05, 0.1) is 0 Å². The lowest BCUT2D eigenvalue weighted by atomic mass is 10.0. The molecule has 1 amide bonds. The van der Waals surface area contributed by atoms with Crippen LogP contribution in [0, 0.1) is 5.92 Å². The Bertz CT molecular complexity index is 501. The second-order valence-corrected chi connectivity index (χ2v) is 4.89. The van der Waals surface area contributed by atoms with Crippen molar-refractivity contribution in [1.82, 2.24) is 5.32 Å². The van der Waals surface area contributed by atoms with Crippen LogP contribution < -0.4 is 5.32 Å². The van der Waals surface area contributed by atoms with Crippen molar-refractivity contribution in [2.24, 2.45) is 5.92 Å². The molecule has 0 aromatic heterocycles. The number of fused-ring (bicyclic) bond motifs is 3. The zero-order chi connectivity index (χ0) is 12.0. The largest absolute Gasteiger partial charge is 0.349 e. The molecule has 17 heavy (non-hydrogen) atoms. The molecule has 0 saturated carbocycles. The highest BCUT2D eigenvalue weighted by atomic mass is 16.1. The monoisotopic (exact) mass is 227 g/mol. The predicted molar refractivity (Wildman–Crippen MR) is 68.3 cm³/mol. The van der Waals surface area contributed by atoms with Crippen LogP contribution in [-0.2, 0) is 4.79 Å². The molecule has 0 radical (unpaired) electrons. The molecule has 0 bridgehead atoms. The summed E-state index contributed by atoms with van der Waals surface area (Å²) >= 11 is 0. The quantitative estimate of drug-likeness (QED) is 0.786. The van der Waals surface area contributed by atoms with E-state index >= 15 is 0 Å². The Kier molecular flexibility index (Phi) is 2.32. The molecule has 0 aromatic rings. The van der Waals surface area contributed by atoms with Crippen molar-refractivity contribution in [2.45, 2.75) is 32.7 Å². The summed E-state index contributed by atoms with van der Waals surface area (Å²) in [6, 6.07) is 0.295. The molecule has 0 fully saturated rings. The fourth-order valence-corrected chi connectivity index (χ4v) is 2.61.